The molecule has 0 aromatic heterocycles. The molecule has 0 radical (unpaired) electrons. The average Bonchev–Trinajstić information content (AvgIpc) is 2.72. The molecule has 0 bridgehead atoms. The summed E-state index contributed by atoms with van der Waals surface area (Å²) in [5, 5.41) is 20.7. The topological polar surface area (TPSA) is 112 Å². The van der Waals surface area contributed by atoms with Gasteiger partial charge in [-0.1, -0.05) is 0 Å². The number of benzene rings is 2. The van der Waals surface area contributed by atoms with E-state index in [-0.39, 0.29) is 18.8 Å². The summed E-state index contributed by atoms with van der Waals surface area (Å²) in [4.78, 5) is 24.2. The molecule has 9 heteroatoms. The van der Waals surface area contributed by atoms with Gasteiger partial charge in [0.25, 0.3) is 5.91 Å². The van der Waals surface area contributed by atoms with Gasteiger partial charge in [0.15, 0.2) is 6.61 Å². The quantitative estimate of drug-likeness (QED) is 0.221. The van der Waals surface area contributed by atoms with Crippen LogP contribution in [-0.4, -0.2) is 25.1 Å². The molecule has 2 aromatic rings. The fraction of sp³-hybridized carbons (Fsp3) is 0.143. The van der Waals surface area contributed by atoms with Gasteiger partial charge in [0.05, 0.1) is 20.2 Å². The van der Waals surface area contributed by atoms with Gasteiger partial charge in [-0.2, -0.15) is 10.5 Å². The van der Waals surface area contributed by atoms with Crippen molar-refractivity contribution >= 4 is 62.2 Å². The fourth-order valence-electron chi connectivity index (χ4n) is 2.32. The van der Waals surface area contributed by atoms with Crippen molar-refractivity contribution in [3.8, 4) is 17.9 Å². The van der Waals surface area contributed by atoms with Gasteiger partial charge in [0, 0.05) is 5.69 Å². The molecule has 0 fully saturated rings. The normalized spacial score (nSPS) is 10.5. The van der Waals surface area contributed by atoms with E-state index in [1.165, 1.54) is 18.2 Å². The van der Waals surface area contributed by atoms with Gasteiger partial charge < -0.3 is 14.8 Å². The Morgan fingerprint density at radius 1 is 1.23 bits per heavy atom. The van der Waals surface area contributed by atoms with E-state index in [1.54, 1.807) is 31.2 Å². The number of anilines is 1. The minimum Gasteiger partial charge on any atom is -0.476 e. The van der Waals surface area contributed by atoms with E-state index >= 15 is 0 Å². The first-order valence-electron chi connectivity index (χ1n) is 8.58. The van der Waals surface area contributed by atoms with Gasteiger partial charge in [-0.3, -0.25) is 4.79 Å². The van der Waals surface area contributed by atoms with Gasteiger partial charge in [-0.15, -0.1) is 0 Å². The van der Waals surface area contributed by atoms with E-state index in [4.69, 9.17) is 14.7 Å². The Balaban J connectivity index is 2.18. The third-order valence-electron chi connectivity index (χ3n) is 3.63. The van der Waals surface area contributed by atoms with Crippen LogP contribution in [0.3, 0.4) is 0 Å². The number of hydrogen-bond acceptors (Lipinski definition) is 6. The van der Waals surface area contributed by atoms with Crippen LogP contribution in [0.5, 0.6) is 5.75 Å². The van der Waals surface area contributed by atoms with Crippen LogP contribution in [0.1, 0.15) is 22.8 Å². The highest BCUT2D eigenvalue weighted by Crippen LogP contribution is 2.32. The number of nitrogens with one attached hydrogen (secondary N) is 1. The summed E-state index contributed by atoms with van der Waals surface area (Å²) in [7, 11) is 0. The van der Waals surface area contributed by atoms with Crippen LogP contribution in [0.25, 0.3) is 6.08 Å². The van der Waals surface area contributed by atoms with Gasteiger partial charge in [0.1, 0.15) is 23.5 Å². The molecule has 2 aromatic carbocycles. The molecule has 0 saturated carbocycles. The zero-order chi connectivity index (χ0) is 22.1. The number of carbonyl (C=O) groups is 2. The van der Waals surface area contributed by atoms with Crippen molar-refractivity contribution in [2.75, 3.05) is 18.5 Å². The van der Waals surface area contributed by atoms with Crippen molar-refractivity contribution in [3.63, 3.8) is 0 Å². The van der Waals surface area contributed by atoms with Gasteiger partial charge in [-0.05, 0) is 93.5 Å². The molecular weight excluding hydrogens is 565 g/mol. The molecule has 1 amide bonds. The third-order valence-corrected chi connectivity index (χ3v) is 5.02. The number of ether oxygens (including phenoxy) is 2. The molecule has 0 saturated heterocycles. The lowest BCUT2D eigenvalue weighted by molar-refractivity contribution is -0.112. The molecule has 0 unspecified atom stereocenters. The van der Waals surface area contributed by atoms with E-state index < -0.39 is 11.9 Å². The Bertz CT molecular complexity index is 1050. The molecule has 2 rings (SSSR count). The molecule has 0 aliphatic heterocycles. The Morgan fingerprint density at radius 3 is 2.50 bits per heavy atom. The smallest absolute Gasteiger partial charge is 0.338 e. The predicted octanol–water partition coefficient (Wildman–Crippen LogP) is 4.68. The van der Waals surface area contributed by atoms with Crippen molar-refractivity contribution in [3.05, 3.63) is 61.1 Å². The molecule has 0 aliphatic rings. The number of nitriles is 2. The maximum absolute atomic E-state index is 12.5. The lowest BCUT2D eigenvalue weighted by Gasteiger charge is -2.09. The van der Waals surface area contributed by atoms with Gasteiger partial charge in [-0.25, -0.2) is 4.79 Å². The number of nitrogens with zero attached hydrogens (tertiary/aromatic N) is 2. The summed E-state index contributed by atoms with van der Waals surface area (Å²) >= 11 is 5.42. The van der Waals surface area contributed by atoms with Gasteiger partial charge >= 0.3 is 5.97 Å². The van der Waals surface area contributed by atoms with E-state index in [0.717, 1.165) is 3.57 Å². The maximum Gasteiger partial charge on any atom is 0.338 e. The van der Waals surface area contributed by atoms with E-state index in [0.29, 0.717) is 27.0 Å². The van der Waals surface area contributed by atoms with Crippen LogP contribution in [0, 0.1) is 26.2 Å². The van der Waals surface area contributed by atoms with E-state index in [1.807, 2.05) is 34.7 Å². The largest absolute Gasteiger partial charge is 0.476 e. The second-order valence-corrected chi connectivity index (χ2v) is 7.70. The van der Waals surface area contributed by atoms with E-state index in [2.05, 4.69) is 21.2 Å². The van der Waals surface area contributed by atoms with Crippen molar-refractivity contribution in [1.29, 1.82) is 10.5 Å². The standard InChI is InChI=1S/C21H15BrIN3O4/c1-2-29-21(28)14-3-5-16(6-4-14)26-20(27)15(12-25)9-13-10-17(22)19(18(23)11-13)30-8-7-24/h3-6,9-11H,2,8H2,1H3,(H,26,27)/b15-9+. The predicted molar refractivity (Wildman–Crippen MR) is 123 cm³/mol. The number of rotatable bonds is 7. The highest BCUT2D eigenvalue weighted by molar-refractivity contribution is 14.1. The number of esters is 1. The minimum absolute atomic E-state index is 0.0927. The highest BCUT2D eigenvalue weighted by atomic mass is 127. The molecule has 152 valence electrons. The lowest BCUT2D eigenvalue weighted by atomic mass is 10.1. The summed E-state index contributed by atoms with van der Waals surface area (Å²) < 4.78 is 11.6. The number of halogens is 2. The Morgan fingerprint density at radius 2 is 1.93 bits per heavy atom. The highest BCUT2D eigenvalue weighted by Gasteiger charge is 2.13. The summed E-state index contributed by atoms with van der Waals surface area (Å²) in [6, 6.07) is 13.4. The Labute approximate surface area is 195 Å². The van der Waals surface area contributed by atoms with Crippen LogP contribution < -0.4 is 10.1 Å². The van der Waals surface area contributed by atoms with Crippen molar-refractivity contribution in [2.45, 2.75) is 6.92 Å². The van der Waals surface area contributed by atoms with Crippen LogP contribution in [0.2, 0.25) is 0 Å². The zero-order valence-electron chi connectivity index (χ0n) is 15.7. The van der Waals surface area contributed by atoms with Crippen molar-refractivity contribution in [2.24, 2.45) is 0 Å². The summed E-state index contributed by atoms with van der Waals surface area (Å²) in [6.45, 7) is 1.90. The second-order valence-electron chi connectivity index (χ2n) is 5.68. The fourth-order valence-corrected chi connectivity index (χ4v) is 4.09. The first kappa shape index (κ1) is 23.4. The molecule has 0 spiro atoms. The Kier molecular flexibility index (Phi) is 8.84. The Hall–Kier alpha value is -2.89. The minimum atomic E-state index is -0.586. The molecular formula is C21H15BrIN3O4. The summed E-state index contributed by atoms with van der Waals surface area (Å²) in [5.74, 6) is -0.522. The first-order valence-corrected chi connectivity index (χ1v) is 10.5. The SMILES string of the molecule is CCOC(=O)c1ccc(NC(=O)/C(C#N)=C/c2cc(Br)c(OCC#N)c(I)c2)cc1. The maximum atomic E-state index is 12.5. The number of carbonyl (C=O) groups excluding carboxylic acids is 2. The zero-order valence-corrected chi connectivity index (χ0v) is 19.5. The number of hydrogen-bond donors (Lipinski definition) is 1. The molecule has 0 atom stereocenters. The third kappa shape index (κ3) is 6.31. The van der Waals surface area contributed by atoms with Crippen LogP contribution in [-0.2, 0) is 9.53 Å². The molecule has 0 heterocycles. The van der Waals surface area contributed by atoms with Crippen LogP contribution in [0.15, 0.2) is 46.4 Å². The monoisotopic (exact) mass is 579 g/mol. The molecule has 1 N–H and O–H groups in total. The summed E-state index contributed by atoms with van der Waals surface area (Å²) in [5.41, 5.74) is 1.31. The number of amides is 1. The molecule has 0 aliphatic carbocycles. The van der Waals surface area contributed by atoms with E-state index in [9.17, 15) is 14.9 Å². The second kappa shape index (κ2) is 11.3. The molecule has 30 heavy (non-hydrogen) atoms. The van der Waals surface area contributed by atoms with Crippen LogP contribution in [0.4, 0.5) is 5.69 Å². The summed E-state index contributed by atoms with van der Waals surface area (Å²) in [6.07, 6.45) is 1.45. The van der Waals surface area contributed by atoms with Crippen molar-refractivity contribution in [1.82, 2.24) is 0 Å². The molecule has 7 nitrogen and oxygen atoms in total. The average molecular weight is 580 g/mol. The first-order chi connectivity index (χ1) is 14.4. The van der Waals surface area contributed by atoms with Gasteiger partial charge in [0.2, 0.25) is 0 Å². The van der Waals surface area contributed by atoms with Crippen LogP contribution >= 0.6 is 38.5 Å². The lowest BCUT2D eigenvalue weighted by Crippen LogP contribution is -2.13. The van der Waals surface area contributed by atoms with Crippen molar-refractivity contribution < 1.29 is 19.1 Å².